The molecule has 0 saturated carbocycles. The minimum atomic E-state index is -1.33. The number of fused-ring (bicyclic) bond motifs is 1. The van der Waals surface area contributed by atoms with Crippen molar-refractivity contribution in [3.63, 3.8) is 0 Å². The summed E-state index contributed by atoms with van der Waals surface area (Å²) in [6.07, 6.45) is 0. The summed E-state index contributed by atoms with van der Waals surface area (Å²) in [6.45, 7) is 14.7. The van der Waals surface area contributed by atoms with Gasteiger partial charge in [-0.15, -0.1) is 6.07 Å². The second-order valence-corrected chi connectivity index (χ2v) is 17.8. The molecule has 0 unspecified atom stereocenters. The van der Waals surface area contributed by atoms with Crippen LogP contribution in [0.2, 0.25) is 39.3 Å². The van der Waals surface area contributed by atoms with Crippen LogP contribution in [0.5, 0.6) is 0 Å². The molecule has 0 N–H and O–H groups in total. The zero-order chi connectivity index (χ0) is 14.3. The van der Waals surface area contributed by atoms with Gasteiger partial charge in [-0.2, -0.15) is 11.2 Å². The molecule has 0 saturated heterocycles. The molecule has 0 atom stereocenters. The van der Waals surface area contributed by atoms with Gasteiger partial charge in [-0.1, -0.05) is 63.2 Å². The van der Waals surface area contributed by atoms with E-state index in [9.17, 15) is 0 Å². The van der Waals surface area contributed by atoms with E-state index in [1.807, 2.05) is 0 Å². The molecule has 0 amide bonds. The quantitative estimate of drug-likeness (QED) is 0.622. The van der Waals surface area contributed by atoms with Crippen LogP contribution in [0.3, 0.4) is 0 Å². The third-order valence-electron chi connectivity index (χ3n) is 3.35. The molecular formula is C16H24LiNSi2. The number of aromatic nitrogens is 1. The molecule has 2 aromatic rings. The fourth-order valence-electron chi connectivity index (χ4n) is 3.10. The van der Waals surface area contributed by atoms with Crippen LogP contribution in [0, 0.1) is 5.16 Å². The van der Waals surface area contributed by atoms with E-state index in [4.69, 9.17) is 4.98 Å². The molecule has 1 aromatic heterocycles. The van der Waals surface area contributed by atoms with Crippen LogP contribution in [-0.4, -0.2) is 21.1 Å². The van der Waals surface area contributed by atoms with Crippen LogP contribution in [0.15, 0.2) is 36.4 Å². The Morgan fingerprint density at radius 3 is 1.90 bits per heavy atom. The first-order valence-electron chi connectivity index (χ1n) is 6.94. The van der Waals surface area contributed by atoms with Gasteiger partial charge < -0.3 is 0 Å². The Bertz CT molecular complexity index is 571. The topological polar surface area (TPSA) is 12.9 Å². The zero-order valence-corrected chi connectivity index (χ0v) is 15.9. The minimum Gasteiger partial charge on any atom is -0.287 e. The first kappa shape index (κ1) is 17.6. The molecule has 102 valence electrons. The monoisotopic (exact) mass is 293 g/mol. The molecule has 0 spiro atoms. The standard InChI is InChI=1S/C16H24NSi2.Li/c1-18(2,3)16(19(4,5)6)15-12-11-13-9-7-8-10-14(13)17-15;/h7-12H,1-6H3;/q-1;+1. The smallest absolute Gasteiger partial charge is 0.287 e. The minimum absolute atomic E-state index is 0. The van der Waals surface area contributed by atoms with Gasteiger partial charge in [0.1, 0.15) is 0 Å². The molecule has 1 heterocycles. The van der Waals surface area contributed by atoms with Gasteiger partial charge in [-0.3, -0.25) is 4.98 Å². The fraction of sp³-hybridized carbons (Fsp3) is 0.375. The van der Waals surface area contributed by atoms with Gasteiger partial charge in [0.2, 0.25) is 0 Å². The summed E-state index contributed by atoms with van der Waals surface area (Å²) in [6, 6.07) is 12.8. The van der Waals surface area contributed by atoms with Crippen LogP contribution in [0.25, 0.3) is 10.9 Å². The van der Waals surface area contributed by atoms with E-state index in [0.29, 0.717) is 0 Å². The van der Waals surface area contributed by atoms with Crippen LogP contribution < -0.4 is 18.9 Å². The van der Waals surface area contributed by atoms with E-state index < -0.39 is 16.1 Å². The Morgan fingerprint density at radius 1 is 0.800 bits per heavy atom. The van der Waals surface area contributed by atoms with Crippen LogP contribution in [0.1, 0.15) is 5.69 Å². The number of nitrogens with zero attached hydrogens (tertiary/aromatic N) is 1. The Kier molecular flexibility index (Phi) is 5.37. The molecule has 0 radical (unpaired) electrons. The van der Waals surface area contributed by atoms with Crippen molar-refractivity contribution in [2.24, 2.45) is 0 Å². The Morgan fingerprint density at radius 2 is 1.35 bits per heavy atom. The van der Waals surface area contributed by atoms with E-state index in [2.05, 4.69) is 75.7 Å². The maximum absolute atomic E-state index is 4.94. The average molecular weight is 293 g/mol. The van der Waals surface area contributed by atoms with Crippen LogP contribution >= 0.6 is 0 Å². The van der Waals surface area contributed by atoms with Crippen molar-refractivity contribution < 1.29 is 18.9 Å². The van der Waals surface area contributed by atoms with Crippen LogP contribution in [-0.2, 0) is 0 Å². The SMILES string of the molecule is C[Si](C)(C)[C-](c1ccc2ccccc2n1)[Si](C)(C)C.[Li+]. The van der Waals surface area contributed by atoms with E-state index in [-0.39, 0.29) is 18.9 Å². The normalized spacial score (nSPS) is 12.1. The van der Waals surface area contributed by atoms with Gasteiger partial charge in [-0.25, -0.2) is 0 Å². The summed E-state index contributed by atoms with van der Waals surface area (Å²) < 4.78 is 0. The fourth-order valence-corrected chi connectivity index (χ4v) is 13.9. The molecular weight excluding hydrogens is 269 g/mol. The summed E-state index contributed by atoms with van der Waals surface area (Å²) in [5.74, 6) is 0. The molecule has 20 heavy (non-hydrogen) atoms. The van der Waals surface area contributed by atoms with Crippen molar-refractivity contribution in [2.45, 2.75) is 39.3 Å². The largest absolute Gasteiger partial charge is 1.00 e. The summed E-state index contributed by atoms with van der Waals surface area (Å²) >= 11 is 0. The number of para-hydroxylation sites is 1. The van der Waals surface area contributed by atoms with E-state index >= 15 is 0 Å². The first-order valence-corrected chi connectivity index (χ1v) is 13.9. The molecule has 1 nitrogen and oxygen atoms in total. The molecule has 2 rings (SSSR count). The third kappa shape index (κ3) is 3.79. The van der Waals surface area contributed by atoms with E-state index in [0.717, 1.165) is 5.52 Å². The van der Waals surface area contributed by atoms with Crippen molar-refractivity contribution in [3.8, 4) is 0 Å². The summed E-state index contributed by atoms with van der Waals surface area (Å²) in [4.78, 5) is 4.94. The second kappa shape index (κ2) is 6.11. The predicted octanol–water partition coefficient (Wildman–Crippen LogP) is 1.92. The number of rotatable bonds is 3. The van der Waals surface area contributed by atoms with Crippen molar-refractivity contribution in [1.29, 1.82) is 0 Å². The first-order chi connectivity index (χ1) is 8.69. The van der Waals surface area contributed by atoms with Gasteiger partial charge >= 0.3 is 18.9 Å². The van der Waals surface area contributed by atoms with Gasteiger partial charge in [-0.05, 0) is 27.6 Å². The number of benzene rings is 1. The Hall–Kier alpha value is -0.469. The van der Waals surface area contributed by atoms with Crippen molar-refractivity contribution in [3.05, 3.63) is 47.3 Å². The maximum Gasteiger partial charge on any atom is 1.00 e. The van der Waals surface area contributed by atoms with E-state index in [1.54, 1.807) is 5.16 Å². The Labute approximate surface area is 137 Å². The third-order valence-corrected chi connectivity index (χ3v) is 11.4. The van der Waals surface area contributed by atoms with Gasteiger partial charge in [0, 0.05) is 0 Å². The average Bonchev–Trinajstić information content (AvgIpc) is 2.25. The second-order valence-electron chi connectivity index (χ2n) is 7.26. The summed E-state index contributed by atoms with van der Waals surface area (Å²) in [7, 11) is -2.67. The number of hydrogen-bond donors (Lipinski definition) is 0. The molecule has 0 aliphatic rings. The maximum atomic E-state index is 4.94. The van der Waals surface area contributed by atoms with E-state index in [1.165, 1.54) is 11.1 Å². The predicted molar refractivity (Wildman–Crippen MR) is 90.8 cm³/mol. The zero-order valence-electron chi connectivity index (χ0n) is 13.9. The van der Waals surface area contributed by atoms with Crippen molar-refractivity contribution >= 4 is 27.1 Å². The summed E-state index contributed by atoms with van der Waals surface area (Å²) in [5.41, 5.74) is 2.37. The summed E-state index contributed by atoms with van der Waals surface area (Å²) in [5, 5.41) is 2.92. The molecule has 0 bridgehead atoms. The molecule has 0 aliphatic carbocycles. The van der Waals surface area contributed by atoms with Gasteiger partial charge in [0.25, 0.3) is 0 Å². The van der Waals surface area contributed by atoms with Crippen molar-refractivity contribution in [2.75, 3.05) is 0 Å². The molecule has 4 heteroatoms. The molecule has 0 fully saturated rings. The van der Waals surface area contributed by atoms with Gasteiger partial charge in [0.05, 0.1) is 5.52 Å². The molecule has 0 aliphatic heterocycles. The number of hydrogen-bond acceptors (Lipinski definition) is 1. The Balaban J connectivity index is 0.00000200. The van der Waals surface area contributed by atoms with Gasteiger partial charge in [0.15, 0.2) is 0 Å². The van der Waals surface area contributed by atoms with Crippen molar-refractivity contribution in [1.82, 2.24) is 4.98 Å². The molecule has 1 aromatic carbocycles. The van der Waals surface area contributed by atoms with Crippen LogP contribution in [0.4, 0.5) is 0 Å². The number of pyridine rings is 1.